The van der Waals surface area contributed by atoms with Crippen LogP contribution in [-0.4, -0.2) is 92.8 Å². The maximum atomic E-state index is 12.9. The van der Waals surface area contributed by atoms with Gasteiger partial charge in [0, 0.05) is 25.1 Å². The van der Waals surface area contributed by atoms with Crippen molar-refractivity contribution in [2.45, 2.75) is 55.5 Å². The molecule has 0 spiro atoms. The monoisotopic (exact) mass is 572 g/mol. The van der Waals surface area contributed by atoms with Gasteiger partial charge in [-0.15, -0.1) is 0 Å². The Morgan fingerprint density at radius 2 is 1.44 bits per heavy atom. The van der Waals surface area contributed by atoms with E-state index in [0.29, 0.717) is 0 Å². The number of nitrogens with zero attached hydrogens (tertiary/aromatic N) is 3. The molecule has 2 rings (SSSR count). The SMILES string of the molecule is O=C(O)CCC(C(=O)O)N1C(=O)CC(=O)N(C(CCCCNS(=O)(=O)c2ccc([N+](=O)[O-])cc2)C(=O)O)C1=O. The van der Waals surface area contributed by atoms with Gasteiger partial charge in [0.25, 0.3) is 5.69 Å². The summed E-state index contributed by atoms with van der Waals surface area (Å²) in [6.45, 7) is -0.200. The van der Waals surface area contributed by atoms with Gasteiger partial charge < -0.3 is 15.3 Å². The van der Waals surface area contributed by atoms with E-state index < -0.39 is 82.0 Å². The molecule has 4 N–H and O–H groups in total. The van der Waals surface area contributed by atoms with E-state index in [1.807, 2.05) is 0 Å². The Hall–Kier alpha value is -4.45. The van der Waals surface area contributed by atoms with Crippen LogP contribution in [0.4, 0.5) is 10.5 Å². The van der Waals surface area contributed by atoms with Gasteiger partial charge in [0.15, 0.2) is 0 Å². The molecule has 39 heavy (non-hydrogen) atoms. The molecule has 1 aromatic carbocycles. The molecule has 0 radical (unpaired) electrons. The van der Waals surface area contributed by atoms with Crippen LogP contribution in [-0.2, 0) is 34.0 Å². The van der Waals surface area contributed by atoms with Crippen LogP contribution in [0.15, 0.2) is 29.2 Å². The van der Waals surface area contributed by atoms with Crippen LogP contribution in [0.2, 0.25) is 0 Å². The number of barbiturate groups is 1. The minimum Gasteiger partial charge on any atom is -0.481 e. The van der Waals surface area contributed by atoms with Crippen molar-refractivity contribution in [3.63, 3.8) is 0 Å². The second-order valence-electron chi connectivity index (χ2n) is 8.27. The van der Waals surface area contributed by atoms with Crippen LogP contribution in [0.1, 0.15) is 38.5 Å². The summed E-state index contributed by atoms with van der Waals surface area (Å²) in [6.07, 6.45) is -2.78. The van der Waals surface area contributed by atoms with Crippen molar-refractivity contribution >= 4 is 51.5 Å². The summed E-state index contributed by atoms with van der Waals surface area (Å²) < 4.78 is 26.9. The molecule has 0 aromatic heterocycles. The maximum absolute atomic E-state index is 12.9. The third-order valence-electron chi connectivity index (χ3n) is 5.63. The topological polar surface area (TPSA) is 259 Å². The summed E-state index contributed by atoms with van der Waals surface area (Å²) in [4.78, 5) is 82.2. The normalized spacial score (nSPS) is 15.6. The molecule has 18 heteroatoms. The van der Waals surface area contributed by atoms with Gasteiger partial charge in [-0.1, -0.05) is 0 Å². The number of carboxylic acids is 3. The number of urea groups is 1. The largest absolute Gasteiger partial charge is 0.481 e. The third-order valence-corrected chi connectivity index (χ3v) is 7.11. The quantitative estimate of drug-likeness (QED) is 0.0934. The molecular weight excluding hydrogens is 548 g/mol. The van der Waals surface area contributed by atoms with Gasteiger partial charge in [0.2, 0.25) is 21.8 Å². The number of amides is 4. The molecule has 212 valence electrons. The number of unbranched alkanes of at least 4 members (excludes halogenated alkanes) is 1. The fourth-order valence-corrected chi connectivity index (χ4v) is 4.80. The summed E-state index contributed by atoms with van der Waals surface area (Å²) in [5.41, 5.74) is -0.313. The highest BCUT2D eigenvalue weighted by atomic mass is 32.2. The zero-order chi connectivity index (χ0) is 29.5. The Kier molecular flexibility index (Phi) is 10.2. The lowest BCUT2D eigenvalue weighted by Gasteiger charge is -2.38. The molecule has 0 aliphatic carbocycles. The standard InChI is InChI=1S/C21H24N4O13S/c26-16-11-17(27)24(15(20(32)33)8-9-18(28)29)21(34)23(16)14(19(30)31)3-1-2-10-22-39(37,38)13-6-4-12(5-7-13)25(35)36/h4-7,14-15,22H,1-3,8-11H2,(H,28,29)(H,30,31)(H,32,33). The lowest BCUT2D eigenvalue weighted by Crippen LogP contribution is -2.63. The molecule has 1 fully saturated rings. The first-order valence-electron chi connectivity index (χ1n) is 11.3. The van der Waals surface area contributed by atoms with E-state index in [2.05, 4.69) is 4.72 Å². The number of carboxylic acid groups (broad SMARTS) is 3. The van der Waals surface area contributed by atoms with Crippen LogP contribution in [0.25, 0.3) is 0 Å². The second-order valence-corrected chi connectivity index (χ2v) is 10.0. The van der Waals surface area contributed by atoms with Crippen LogP contribution in [0.3, 0.4) is 0 Å². The minimum atomic E-state index is -4.05. The predicted molar refractivity (Wildman–Crippen MR) is 126 cm³/mol. The van der Waals surface area contributed by atoms with E-state index in [-0.39, 0.29) is 46.2 Å². The van der Waals surface area contributed by atoms with E-state index in [9.17, 15) is 57.5 Å². The Labute approximate surface area is 220 Å². The number of aliphatic carboxylic acids is 3. The Morgan fingerprint density at radius 1 is 0.923 bits per heavy atom. The van der Waals surface area contributed by atoms with Crippen LogP contribution >= 0.6 is 0 Å². The van der Waals surface area contributed by atoms with Gasteiger partial charge >= 0.3 is 23.9 Å². The van der Waals surface area contributed by atoms with Crippen molar-refractivity contribution in [1.29, 1.82) is 0 Å². The summed E-state index contributed by atoms with van der Waals surface area (Å²) >= 11 is 0. The molecule has 1 aliphatic heterocycles. The Bertz CT molecular complexity index is 1280. The number of carbonyl (C=O) groups excluding carboxylic acids is 3. The smallest absolute Gasteiger partial charge is 0.335 e. The first-order valence-corrected chi connectivity index (χ1v) is 12.7. The third kappa shape index (κ3) is 7.77. The number of hydrogen-bond donors (Lipinski definition) is 4. The van der Waals surface area contributed by atoms with Crippen molar-refractivity contribution in [3.8, 4) is 0 Å². The fraction of sp³-hybridized carbons (Fsp3) is 0.429. The van der Waals surface area contributed by atoms with E-state index >= 15 is 0 Å². The highest BCUT2D eigenvalue weighted by Crippen LogP contribution is 2.23. The molecule has 0 saturated carbocycles. The van der Waals surface area contributed by atoms with Gasteiger partial charge in [-0.05, 0) is 37.8 Å². The first kappa shape index (κ1) is 30.8. The van der Waals surface area contributed by atoms with Crippen LogP contribution in [0, 0.1) is 10.1 Å². The second kappa shape index (κ2) is 12.9. The highest BCUT2D eigenvalue weighted by Gasteiger charge is 2.48. The number of sulfonamides is 1. The number of nitrogens with one attached hydrogen (secondary N) is 1. The van der Waals surface area contributed by atoms with Gasteiger partial charge in [0.1, 0.15) is 18.5 Å². The first-order chi connectivity index (χ1) is 18.2. The summed E-state index contributed by atoms with van der Waals surface area (Å²) in [7, 11) is -4.05. The molecule has 1 saturated heterocycles. The summed E-state index contributed by atoms with van der Waals surface area (Å²) in [5, 5.41) is 38.6. The minimum absolute atomic E-state index is 0.0330. The number of imide groups is 2. The van der Waals surface area contributed by atoms with E-state index in [4.69, 9.17) is 5.11 Å². The van der Waals surface area contributed by atoms with Gasteiger partial charge in [-0.3, -0.25) is 24.5 Å². The zero-order valence-electron chi connectivity index (χ0n) is 20.1. The molecule has 1 heterocycles. The molecule has 4 amide bonds. The molecule has 0 bridgehead atoms. The highest BCUT2D eigenvalue weighted by molar-refractivity contribution is 7.89. The van der Waals surface area contributed by atoms with Gasteiger partial charge in [0.05, 0.1) is 9.82 Å². The average molecular weight is 573 g/mol. The van der Waals surface area contributed by atoms with Gasteiger partial charge in [-0.2, -0.15) is 0 Å². The Morgan fingerprint density at radius 3 is 1.90 bits per heavy atom. The van der Waals surface area contributed by atoms with E-state index in [1.165, 1.54) is 0 Å². The van der Waals surface area contributed by atoms with E-state index in [1.54, 1.807) is 0 Å². The van der Waals surface area contributed by atoms with E-state index in [0.717, 1.165) is 24.3 Å². The lowest BCUT2D eigenvalue weighted by molar-refractivity contribution is -0.384. The number of hydrogen-bond acceptors (Lipinski definition) is 10. The molecule has 17 nitrogen and oxygen atoms in total. The fourth-order valence-electron chi connectivity index (χ4n) is 3.73. The maximum Gasteiger partial charge on any atom is 0.335 e. The average Bonchev–Trinajstić information content (AvgIpc) is 2.83. The molecule has 2 unspecified atom stereocenters. The lowest BCUT2D eigenvalue weighted by atomic mass is 10.0. The summed E-state index contributed by atoms with van der Waals surface area (Å²) in [6, 6.07) is -1.21. The van der Waals surface area contributed by atoms with Crippen molar-refractivity contribution in [1.82, 2.24) is 14.5 Å². The van der Waals surface area contributed by atoms with Crippen molar-refractivity contribution in [2.75, 3.05) is 6.54 Å². The molecule has 1 aliphatic rings. The zero-order valence-corrected chi connectivity index (χ0v) is 20.9. The van der Waals surface area contributed by atoms with Gasteiger partial charge in [-0.25, -0.2) is 37.3 Å². The number of benzene rings is 1. The van der Waals surface area contributed by atoms with Crippen molar-refractivity contribution in [3.05, 3.63) is 34.4 Å². The number of carbonyl (C=O) groups is 6. The van der Waals surface area contributed by atoms with Crippen molar-refractivity contribution in [2.24, 2.45) is 0 Å². The molecule has 2 atom stereocenters. The van der Waals surface area contributed by atoms with Crippen LogP contribution < -0.4 is 4.72 Å². The number of nitro groups is 1. The number of non-ortho nitro benzene ring substituents is 1. The van der Waals surface area contributed by atoms with Crippen LogP contribution in [0.5, 0.6) is 0 Å². The Balaban J connectivity index is 2.07. The molecule has 1 aromatic rings. The van der Waals surface area contributed by atoms with Crippen molar-refractivity contribution < 1.29 is 57.4 Å². The number of nitro benzene ring substituents is 1. The summed E-state index contributed by atoms with van der Waals surface area (Å²) in [5.74, 6) is -7.17. The predicted octanol–water partition coefficient (Wildman–Crippen LogP) is -0.00450. The molecular formula is C21H24N4O13S. The number of rotatable bonds is 15.